The molecule has 1 rings (SSSR count). The predicted molar refractivity (Wildman–Crippen MR) is 49.7 cm³/mol. The monoisotopic (exact) mass is 185 g/mol. The zero-order valence-electron chi connectivity index (χ0n) is 7.77. The molecule has 0 aromatic heterocycles. The van der Waals surface area contributed by atoms with Crippen molar-refractivity contribution in [3.63, 3.8) is 0 Å². The standard InChI is InChI=1S/C10H13F2N/c1-7(2)6-13-9-5-3-4-8(11)10(9)12/h3-5,7,13H,6H2,1-2H3. The molecule has 0 unspecified atom stereocenters. The molecule has 0 radical (unpaired) electrons. The Bertz CT molecular complexity index is 284. The minimum atomic E-state index is -0.811. The molecule has 0 spiro atoms. The topological polar surface area (TPSA) is 12.0 Å². The molecule has 1 aromatic carbocycles. The van der Waals surface area contributed by atoms with Gasteiger partial charge < -0.3 is 5.32 Å². The van der Waals surface area contributed by atoms with Crippen LogP contribution in [-0.4, -0.2) is 6.54 Å². The normalized spacial score (nSPS) is 10.5. The average molecular weight is 185 g/mol. The Balaban J connectivity index is 2.71. The van der Waals surface area contributed by atoms with Crippen LogP contribution < -0.4 is 5.32 Å². The van der Waals surface area contributed by atoms with Crippen LogP contribution in [0.2, 0.25) is 0 Å². The molecule has 0 aliphatic rings. The van der Waals surface area contributed by atoms with Gasteiger partial charge in [-0.25, -0.2) is 8.78 Å². The van der Waals surface area contributed by atoms with Crippen molar-refractivity contribution in [1.29, 1.82) is 0 Å². The quantitative estimate of drug-likeness (QED) is 0.763. The molecule has 0 bridgehead atoms. The average Bonchev–Trinajstić information content (AvgIpc) is 2.07. The summed E-state index contributed by atoms with van der Waals surface area (Å²) in [6.45, 7) is 4.65. The molecule has 0 fully saturated rings. The first-order valence-corrected chi connectivity index (χ1v) is 4.29. The van der Waals surface area contributed by atoms with Gasteiger partial charge in [-0.15, -0.1) is 0 Å². The van der Waals surface area contributed by atoms with Crippen molar-refractivity contribution in [1.82, 2.24) is 0 Å². The Hall–Kier alpha value is -1.12. The first kappa shape index (κ1) is 9.96. The fourth-order valence-corrected chi connectivity index (χ4v) is 0.954. The second-order valence-electron chi connectivity index (χ2n) is 3.38. The van der Waals surface area contributed by atoms with E-state index >= 15 is 0 Å². The van der Waals surface area contributed by atoms with E-state index in [4.69, 9.17) is 0 Å². The number of nitrogens with one attached hydrogen (secondary N) is 1. The molecule has 0 saturated heterocycles. The highest BCUT2D eigenvalue weighted by Gasteiger charge is 2.06. The van der Waals surface area contributed by atoms with E-state index in [0.29, 0.717) is 12.5 Å². The third-order valence-corrected chi connectivity index (χ3v) is 1.65. The Morgan fingerprint density at radius 2 is 2.00 bits per heavy atom. The minimum Gasteiger partial charge on any atom is -0.382 e. The van der Waals surface area contributed by atoms with E-state index in [-0.39, 0.29) is 5.69 Å². The van der Waals surface area contributed by atoms with E-state index < -0.39 is 11.6 Å². The molecule has 1 nitrogen and oxygen atoms in total. The van der Waals surface area contributed by atoms with Crippen LogP contribution in [0.1, 0.15) is 13.8 Å². The van der Waals surface area contributed by atoms with Crippen LogP contribution in [0.25, 0.3) is 0 Å². The van der Waals surface area contributed by atoms with Gasteiger partial charge in [0.1, 0.15) is 0 Å². The van der Waals surface area contributed by atoms with Gasteiger partial charge in [0.15, 0.2) is 11.6 Å². The van der Waals surface area contributed by atoms with E-state index in [1.807, 2.05) is 13.8 Å². The lowest BCUT2D eigenvalue weighted by Gasteiger charge is -2.09. The molecule has 0 amide bonds. The van der Waals surface area contributed by atoms with Crippen molar-refractivity contribution in [3.8, 4) is 0 Å². The molecule has 0 saturated carbocycles. The van der Waals surface area contributed by atoms with Gasteiger partial charge in [0, 0.05) is 6.54 Å². The lowest BCUT2D eigenvalue weighted by atomic mass is 10.2. The smallest absolute Gasteiger partial charge is 0.181 e. The number of hydrogen-bond donors (Lipinski definition) is 1. The fraction of sp³-hybridized carbons (Fsp3) is 0.400. The number of rotatable bonds is 3. The van der Waals surface area contributed by atoms with Crippen molar-refractivity contribution >= 4 is 5.69 Å². The van der Waals surface area contributed by atoms with Gasteiger partial charge in [0.05, 0.1) is 5.69 Å². The maximum atomic E-state index is 13.0. The first-order chi connectivity index (χ1) is 6.11. The molecule has 0 aliphatic carbocycles. The molecule has 1 aromatic rings. The molecular formula is C10H13F2N. The molecular weight excluding hydrogens is 172 g/mol. The Morgan fingerprint density at radius 1 is 1.31 bits per heavy atom. The van der Waals surface area contributed by atoms with Crippen LogP contribution in [0, 0.1) is 17.6 Å². The molecule has 0 aliphatic heterocycles. The van der Waals surface area contributed by atoms with Gasteiger partial charge in [-0.05, 0) is 18.1 Å². The molecule has 0 atom stereocenters. The summed E-state index contributed by atoms with van der Waals surface area (Å²) in [6.07, 6.45) is 0. The Labute approximate surface area is 76.8 Å². The predicted octanol–water partition coefficient (Wildman–Crippen LogP) is 3.03. The highest BCUT2D eigenvalue weighted by molar-refractivity contribution is 5.44. The molecule has 1 N–H and O–H groups in total. The lowest BCUT2D eigenvalue weighted by molar-refractivity contribution is 0.510. The van der Waals surface area contributed by atoms with E-state index in [1.165, 1.54) is 12.1 Å². The van der Waals surface area contributed by atoms with Crippen LogP contribution >= 0.6 is 0 Å². The lowest BCUT2D eigenvalue weighted by Crippen LogP contribution is -2.09. The van der Waals surface area contributed by atoms with Crippen LogP contribution in [0.15, 0.2) is 18.2 Å². The maximum absolute atomic E-state index is 13.0. The summed E-state index contributed by atoms with van der Waals surface area (Å²) in [5.74, 6) is -1.21. The van der Waals surface area contributed by atoms with Crippen LogP contribution in [-0.2, 0) is 0 Å². The van der Waals surface area contributed by atoms with Gasteiger partial charge in [0.2, 0.25) is 0 Å². The second kappa shape index (κ2) is 4.21. The van der Waals surface area contributed by atoms with Crippen LogP contribution in [0.4, 0.5) is 14.5 Å². The molecule has 13 heavy (non-hydrogen) atoms. The minimum absolute atomic E-state index is 0.230. The fourth-order valence-electron chi connectivity index (χ4n) is 0.954. The van der Waals surface area contributed by atoms with Gasteiger partial charge in [-0.1, -0.05) is 19.9 Å². The number of hydrogen-bond acceptors (Lipinski definition) is 1. The Morgan fingerprint density at radius 3 is 2.62 bits per heavy atom. The molecule has 72 valence electrons. The van der Waals surface area contributed by atoms with Gasteiger partial charge in [-0.3, -0.25) is 0 Å². The van der Waals surface area contributed by atoms with Crippen LogP contribution in [0.3, 0.4) is 0 Å². The summed E-state index contributed by atoms with van der Waals surface area (Å²) in [5, 5.41) is 2.84. The summed E-state index contributed by atoms with van der Waals surface area (Å²) in [6, 6.07) is 4.12. The third-order valence-electron chi connectivity index (χ3n) is 1.65. The number of anilines is 1. The SMILES string of the molecule is CC(C)CNc1cccc(F)c1F. The number of benzene rings is 1. The van der Waals surface area contributed by atoms with Crippen LogP contribution in [0.5, 0.6) is 0 Å². The van der Waals surface area contributed by atoms with Crippen molar-refractivity contribution in [3.05, 3.63) is 29.8 Å². The summed E-state index contributed by atoms with van der Waals surface area (Å²) in [4.78, 5) is 0. The highest BCUT2D eigenvalue weighted by atomic mass is 19.2. The van der Waals surface area contributed by atoms with Gasteiger partial charge in [-0.2, -0.15) is 0 Å². The summed E-state index contributed by atoms with van der Waals surface area (Å²) < 4.78 is 25.7. The maximum Gasteiger partial charge on any atom is 0.181 e. The summed E-state index contributed by atoms with van der Waals surface area (Å²) in [7, 11) is 0. The Kier molecular flexibility index (Phi) is 3.23. The van der Waals surface area contributed by atoms with E-state index in [2.05, 4.69) is 5.32 Å². The third kappa shape index (κ3) is 2.68. The van der Waals surface area contributed by atoms with Crippen molar-refractivity contribution in [2.24, 2.45) is 5.92 Å². The van der Waals surface area contributed by atoms with Crippen molar-refractivity contribution in [2.75, 3.05) is 11.9 Å². The zero-order chi connectivity index (χ0) is 9.84. The largest absolute Gasteiger partial charge is 0.382 e. The zero-order valence-corrected chi connectivity index (χ0v) is 7.77. The highest BCUT2D eigenvalue weighted by Crippen LogP contribution is 2.16. The second-order valence-corrected chi connectivity index (χ2v) is 3.38. The van der Waals surface area contributed by atoms with E-state index in [9.17, 15) is 8.78 Å². The van der Waals surface area contributed by atoms with Crippen molar-refractivity contribution < 1.29 is 8.78 Å². The molecule has 3 heteroatoms. The van der Waals surface area contributed by atoms with E-state index in [0.717, 1.165) is 6.07 Å². The first-order valence-electron chi connectivity index (χ1n) is 4.29. The van der Waals surface area contributed by atoms with E-state index in [1.54, 1.807) is 0 Å². The van der Waals surface area contributed by atoms with Crippen molar-refractivity contribution in [2.45, 2.75) is 13.8 Å². The van der Waals surface area contributed by atoms with Gasteiger partial charge in [0.25, 0.3) is 0 Å². The summed E-state index contributed by atoms with van der Waals surface area (Å²) in [5.41, 5.74) is 0.230. The van der Waals surface area contributed by atoms with Gasteiger partial charge >= 0.3 is 0 Å². The summed E-state index contributed by atoms with van der Waals surface area (Å²) >= 11 is 0. The molecule has 0 heterocycles. The number of halogens is 2.